The van der Waals surface area contributed by atoms with Crippen molar-refractivity contribution in [2.75, 3.05) is 6.61 Å². The van der Waals surface area contributed by atoms with E-state index in [1.807, 2.05) is 0 Å². The van der Waals surface area contributed by atoms with E-state index in [2.05, 4.69) is 15.9 Å². The lowest BCUT2D eigenvalue weighted by molar-refractivity contribution is -0.144. The fraction of sp³-hybridized carbons (Fsp3) is 0.333. The number of carbonyl (C=O) groups is 2. The predicted octanol–water partition coefficient (Wildman–Crippen LogP) is 2.40. The summed E-state index contributed by atoms with van der Waals surface area (Å²) in [5, 5.41) is 17.8. The molecule has 0 heterocycles. The van der Waals surface area contributed by atoms with Crippen molar-refractivity contribution in [3.05, 3.63) is 22.2 Å². The van der Waals surface area contributed by atoms with E-state index in [1.54, 1.807) is 6.92 Å². The third-order valence-electron chi connectivity index (χ3n) is 2.20. The van der Waals surface area contributed by atoms with Gasteiger partial charge in [-0.3, -0.25) is 0 Å². The topological polar surface area (TPSA) is 93.1 Å². The Morgan fingerprint density at radius 3 is 2.47 bits per heavy atom. The number of halogens is 1. The molecule has 104 valence electrons. The van der Waals surface area contributed by atoms with Gasteiger partial charge in [-0.25, -0.2) is 9.59 Å². The molecule has 0 aliphatic heterocycles. The van der Waals surface area contributed by atoms with E-state index in [1.165, 1.54) is 19.1 Å². The SMILES string of the molecule is CCOc1cc(C(=O)O)cc(Br)c1OC(C)C(=O)O. The average molecular weight is 333 g/mol. The molecule has 0 bridgehead atoms. The van der Waals surface area contributed by atoms with E-state index in [-0.39, 0.29) is 17.1 Å². The minimum absolute atomic E-state index is 0.0191. The van der Waals surface area contributed by atoms with Gasteiger partial charge in [0.2, 0.25) is 0 Å². The first kappa shape index (κ1) is 15.3. The second-order valence-electron chi connectivity index (χ2n) is 3.62. The number of aliphatic carboxylic acids is 1. The van der Waals surface area contributed by atoms with Gasteiger partial charge in [-0.05, 0) is 41.9 Å². The lowest BCUT2D eigenvalue weighted by Crippen LogP contribution is -2.23. The molecule has 1 rings (SSSR count). The molecule has 1 unspecified atom stereocenters. The molecule has 0 aliphatic carbocycles. The van der Waals surface area contributed by atoms with E-state index in [0.29, 0.717) is 11.1 Å². The van der Waals surface area contributed by atoms with Crippen LogP contribution in [0, 0.1) is 0 Å². The molecule has 6 nitrogen and oxygen atoms in total. The number of ether oxygens (including phenoxy) is 2. The Bertz CT molecular complexity index is 499. The van der Waals surface area contributed by atoms with Crippen LogP contribution in [0.1, 0.15) is 24.2 Å². The summed E-state index contributed by atoms with van der Waals surface area (Å²) in [4.78, 5) is 21.7. The molecule has 0 aromatic heterocycles. The van der Waals surface area contributed by atoms with Gasteiger partial charge in [0, 0.05) is 0 Å². The molecule has 0 amide bonds. The second kappa shape index (κ2) is 6.42. The lowest BCUT2D eigenvalue weighted by Gasteiger charge is -2.16. The van der Waals surface area contributed by atoms with Crippen molar-refractivity contribution < 1.29 is 29.3 Å². The first-order valence-corrected chi connectivity index (χ1v) is 6.25. The minimum Gasteiger partial charge on any atom is -0.490 e. The number of hydrogen-bond acceptors (Lipinski definition) is 4. The third kappa shape index (κ3) is 3.85. The first-order valence-electron chi connectivity index (χ1n) is 5.45. The molecule has 7 heteroatoms. The molecule has 0 radical (unpaired) electrons. The zero-order chi connectivity index (χ0) is 14.6. The van der Waals surface area contributed by atoms with Crippen LogP contribution in [-0.2, 0) is 4.79 Å². The van der Waals surface area contributed by atoms with Crippen molar-refractivity contribution in [3.63, 3.8) is 0 Å². The summed E-state index contributed by atoms with van der Waals surface area (Å²) in [6.45, 7) is 3.40. The molecule has 0 aliphatic rings. The van der Waals surface area contributed by atoms with Crippen molar-refractivity contribution in [1.82, 2.24) is 0 Å². The van der Waals surface area contributed by atoms with Gasteiger partial charge in [0.05, 0.1) is 16.6 Å². The van der Waals surface area contributed by atoms with Gasteiger partial charge >= 0.3 is 11.9 Å². The Kier molecular flexibility index (Phi) is 5.17. The van der Waals surface area contributed by atoms with Crippen LogP contribution in [0.2, 0.25) is 0 Å². The van der Waals surface area contributed by atoms with Crippen LogP contribution in [-0.4, -0.2) is 34.9 Å². The highest BCUT2D eigenvalue weighted by Gasteiger charge is 2.20. The van der Waals surface area contributed by atoms with E-state index in [4.69, 9.17) is 19.7 Å². The maximum atomic E-state index is 10.9. The molecule has 0 saturated carbocycles. The summed E-state index contributed by atoms with van der Waals surface area (Å²) < 4.78 is 10.9. The molecule has 19 heavy (non-hydrogen) atoms. The number of hydrogen-bond donors (Lipinski definition) is 2. The Morgan fingerprint density at radius 2 is 2.00 bits per heavy atom. The van der Waals surface area contributed by atoms with Gasteiger partial charge in [-0.2, -0.15) is 0 Å². The maximum absolute atomic E-state index is 10.9. The van der Waals surface area contributed by atoms with Gasteiger partial charge in [0.1, 0.15) is 0 Å². The molecule has 1 aromatic rings. The molecule has 1 atom stereocenters. The summed E-state index contributed by atoms with van der Waals surface area (Å²) in [6.07, 6.45) is -1.08. The number of carboxylic acid groups (broad SMARTS) is 2. The quantitative estimate of drug-likeness (QED) is 0.830. The highest BCUT2D eigenvalue weighted by Crippen LogP contribution is 2.37. The second-order valence-corrected chi connectivity index (χ2v) is 4.48. The Hall–Kier alpha value is -1.76. The summed E-state index contributed by atoms with van der Waals surface area (Å²) in [7, 11) is 0. The maximum Gasteiger partial charge on any atom is 0.344 e. The molecular formula is C12H13BrO6. The van der Waals surface area contributed by atoms with Crippen LogP contribution in [0.25, 0.3) is 0 Å². The molecule has 0 saturated heterocycles. The largest absolute Gasteiger partial charge is 0.490 e. The zero-order valence-corrected chi connectivity index (χ0v) is 11.9. The van der Waals surface area contributed by atoms with Crippen LogP contribution in [0.15, 0.2) is 16.6 Å². The lowest BCUT2D eigenvalue weighted by atomic mass is 10.2. The van der Waals surface area contributed by atoms with Crippen molar-refractivity contribution in [2.24, 2.45) is 0 Å². The smallest absolute Gasteiger partial charge is 0.344 e. The number of rotatable bonds is 6. The summed E-state index contributed by atoms with van der Waals surface area (Å²) >= 11 is 3.15. The fourth-order valence-corrected chi connectivity index (χ4v) is 1.83. The van der Waals surface area contributed by atoms with Gasteiger partial charge < -0.3 is 19.7 Å². The Labute approximate surface area is 118 Å². The van der Waals surface area contributed by atoms with Gasteiger partial charge in [0.25, 0.3) is 0 Å². The van der Waals surface area contributed by atoms with Gasteiger partial charge in [-0.15, -0.1) is 0 Å². The average Bonchev–Trinajstić information content (AvgIpc) is 2.32. The highest BCUT2D eigenvalue weighted by molar-refractivity contribution is 9.10. The Morgan fingerprint density at radius 1 is 1.37 bits per heavy atom. The van der Waals surface area contributed by atoms with Crippen molar-refractivity contribution in [3.8, 4) is 11.5 Å². The standard InChI is InChI=1S/C12H13BrO6/c1-3-18-9-5-7(12(16)17)4-8(13)10(9)19-6(2)11(14)15/h4-6H,3H2,1-2H3,(H,14,15)(H,16,17). The molecule has 0 fully saturated rings. The Balaban J connectivity index is 3.21. The first-order chi connectivity index (χ1) is 8.86. The molecule has 2 N–H and O–H groups in total. The normalized spacial score (nSPS) is 11.7. The third-order valence-corrected chi connectivity index (χ3v) is 2.79. The monoisotopic (exact) mass is 332 g/mol. The van der Waals surface area contributed by atoms with Gasteiger partial charge in [0.15, 0.2) is 17.6 Å². The fourth-order valence-electron chi connectivity index (χ4n) is 1.30. The summed E-state index contributed by atoms with van der Waals surface area (Å²) in [5.41, 5.74) is 0.0191. The van der Waals surface area contributed by atoms with E-state index in [9.17, 15) is 9.59 Å². The summed E-state index contributed by atoms with van der Waals surface area (Å²) in [5.74, 6) is -1.89. The minimum atomic E-state index is -1.13. The van der Waals surface area contributed by atoms with E-state index in [0.717, 1.165) is 0 Å². The van der Waals surface area contributed by atoms with Crippen LogP contribution in [0.4, 0.5) is 0 Å². The van der Waals surface area contributed by atoms with Crippen LogP contribution in [0.3, 0.4) is 0 Å². The number of aromatic carboxylic acids is 1. The van der Waals surface area contributed by atoms with Crippen molar-refractivity contribution in [2.45, 2.75) is 20.0 Å². The van der Waals surface area contributed by atoms with Crippen molar-refractivity contribution >= 4 is 27.9 Å². The van der Waals surface area contributed by atoms with E-state index >= 15 is 0 Å². The van der Waals surface area contributed by atoms with Crippen LogP contribution in [0.5, 0.6) is 11.5 Å². The molecular weight excluding hydrogens is 320 g/mol. The molecule has 0 spiro atoms. The van der Waals surface area contributed by atoms with Gasteiger partial charge in [-0.1, -0.05) is 0 Å². The zero-order valence-electron chi connectivity index (χ0n) is 10.3. The number of carboxylic acids is 2. The van der Waals surface area contributed by atoms with Crippen LogP contribution >= 0.6 is 15.9 Å². The van der Waals surface area contributed by atoms with E-state index < -0.39 is 18.0 Å². The number of benzene rings is 1. The summed E-state index contributed by atoms with van der Waals surface area (Å²) in [6, 6.07) is 2.62. The van der Waals surface area contributed by atoms with Crippen molar-refractivity contribution in [1.29, 1.82) is 0 Å². The highest BCUT2D eigenvalue weighted by atomic mass is 79.9. The predicted molar refractivity (Wildman–Crippen MR) is 70.0 cm³/mol. The molecule has 1 aromatic carbocycles. The van der Waals surface area contributed by atoms with Crippen LogP contribution < -0.4 is 9.47 Å².